The van der Waals surface area contributed by atoms with E-state index in [2.05, 4.69) is 36.1 Å². The summed E-state index contributed by atoms with van der Waals surface area (Å²) in [5.41, 5.74) is 2.05. The zero-order valence-corrected chi connectivity index (χ0v) is 14.5. The number of anilines is 1. The number of pyridine rings is 2. The molecule has 0 radical (unpaired) electrons. The number of nitrogens with zero attached hydrogens (tertiary/aromatic N) is 3. The monoisotopic (exact) mass is 316 g/mol. The van der Waals surface area contributed by atoms with Crippen molar-refractivity contribution in [1.29, 1.82) is 0 Å². The lowest BCUT2D eigenvalue weighted by Crippen LogP contribution is -2.30. The van der Waals surface area contributed by atoms with Gasteiger partial charge in [0.15, 0.2) is 0 Å². The normalized spacial score (nSPS) is 12.5. The molecule has 0 saturated carbocycles. The standard InChI is InChI=1S/C18H25FN4/c1-12(2)13(3)20-11-17-15(19)7-8-16(22-17)14-6-9-18(21-10-14)23(4)5/h6-10,12-13,20H,11H2,1-5H3/t13-/m1/s1. The number of hydrogen-bond donors (Lipinski definition) is 1. The third-order valence-corrected chi connectivity index (χ3v) is 4.01. The number of halogens is 1. The molecule has 0 fully saturated rings. The van der Waals surface area contributed by atoms with Crippen LogP contribution in [-0.2, 0) is 6.54 Å². The molecule has 0 saturated heterocycles. The number of rotatable bonds is 6. The Bertz CT molecular complexity index is 638. The Morgan fingerprint density at radius 1 is 1.13 bits per heavy atom. The highest BCUT2D eigenvalue weighted by molar-refractivity contribution is 5.60. The summed E-state index contributed by atoms with van der Waals surface area (Å²) < 4.78 is 14.0. The third-order valence-electron chi connectivity index (χ3n) is 4.01. The van der Waals surface area contributed by atoms with Crippen molar-refractivity contribution in [1.82, 2.24) is 15.3 Å². The molecule has 0 unspecified atom stereocenters. The topological polar surface area (TPSA) is 41.1 Å². The first kappa shape index (κ1) is 17.3. The van der Waals surface area contributed by atoms with Crippen LogP contribution in [0.5, 0.6) is 0 Å². The van der Waals surface area contributed by atoms with Gasteiger partial charge < -0.3 is 10.2 Å². The number of hydrogen-bond acceptors (Lipinski definition) is 4. The van der Waals surface area contributed by atoms with Crippen LogP contribution in [0.15, 0.2) is 30.5 Å². The smallest absolute Gasteiger partial charge is 0.146 e. The van der Waals surface area contributed by atoms with Crippen molar-refractivity contribution in [3.8, 4) is 11.3 Å². The summed E-state index contributed by atoms with van der Waals surface area (Å²) in [6, 6.07) is 7.35. The predicted octanol–water partition coefficient (Wildman–Crippen LogP) is 3.48. The number of nitrogens with one attached hydrogen (secondary N) is 1. The van der Waals surface area contributed by atoms with E-state index in [-0.39, 0.29) is 5.82 Å². The molecular weight excluding hydrogens is 291 g/mol. The van der Waals surface area contributed by atoms with Gasteiger partial charge in [0.1, 0.15) is 11.6 Å². The summed E-state index contributed by atoms with van der Waals surface area (Å²) in [5, 5.41) is 3.32. The SMILES string of the molecule is CC(C)[C@@H](C)NCc1nc(-c2ccc(N(C)C)nc2)ccc1F. The van der Waals surface area contributed by atoms with Crippen LogP contribution in [0.25, 0.3) is 11.3 Å². The molecule has 0 aliphatic rings. The highest BCUT2D eigenvalue weighted by atomic mass is 19.1. The fourth-order valence-electron chi connectivity index (χ4n) is 2.06. The van der Waals surface area contributed by atoms with Gasteiger partial charge in [0.25, 0.3) is 0 Å². The van der Waals surface area contributed by atoms with Crippen molar-refractivity contribution in [2.75, 3.05) is 19.0 Å². The molecule has 2 heterocycles. The Labute approximate surface area is 137 Å². The molecule has 0 spiro atoms. The molecule has 1 N–H and O–H groups in total. The van der Waals surface area contributed by atoms with E-state index in [9.17, 15) is 4.39 Å². The average Bonchev–Trinajstić information content (AvgIpc) is 2.53. The molecule has 2 aromatic heterocycles. The molecular formula is C18H25FN4. The van der Waals surface area contributed by atoms with Crippen molar-refractivity contribution in [3.05, 3.63) is 42.0 Å². The van der Waals surface area contributed by atoms with Crippen molar-refractivity contribution in [3.63, 3.8) is 0 Å². The fraction of sp³-hybridized carbons (Fsp3) is 0.444. The van der Waals surface area contributed by atoms with E-state index in [1.165, 1.54) is 6.07 Å². The first-order valence-corrected chi connectivity index (χ1v) is 7.91. The van der Waals surface area contributed by atoms with Gasteiger partial charge in [0.05, 0.1) is 11.4 Å². The molecule has 0 aromatic carbocycles. The van der Waals surface area contributed by atoms with E-state index in [1.807, 2.05) is 31.1 Å². The van der Waals surface area contributed by atoms with Gasteiger partial charge in [-0.25, -0.2) is 14.4 Å². The molecule has 0 amide bonds. The summed E-state index contributed by atoms with van der Waals surface area (Å²) in [5.74, 6) is 1.09. The largest absolute Gasteiger partial charge is 0.363 e. The lowest BCUT2D eigenvalue weighted by molar-refractivity contribution is 0.418. The average molecular weight is 316 g/mol. The van der Waals surface area contributed by atoms with Crippen molar-refractivity contribution >= 4 is 5.82 Å². The predicted molar refractivity (Wildman–Crippen MR) is 92.9 cm³/mol. The van der Waals surface area contributed by atoms with Gasteiger partial charge in [-0.3, -0.25) is 0 Å². The first-order chi connectivity index (χ1) is 10.9. The number of aromatic nitrogens is 2. The van der Waals surface area contributed by atoms with E-state index < -0.39 is 0 Å². The van der Waals surface area contributed by atoms with Gasteiger partial charge in [-0.15, -0.1) is 0 Å². The minimum Gasteiger partial charge on any atom is -0.363 e. The molecule has 23 heavy (non-hydrogen) atoms. The minimum atomic E-state index is -0.282. The van der Waals surface area contributed by atoms with E-state index in [4.69, 9.17) is 0 Å². The zero-order chi connectivity index (χ0) is 17.0. The van der Waals surface area contributed by atoms with Crippen LogP contribution in [0, 0.1) is 11.7 Å². The molecule has 5 heteroatoms. The highest BCUT2D eigenvalue weighted by Crippen LogP contribution is 2.20. The Balaban J connectivity index is 2.19. The first-order valence-electron chi connectivity index (χ1n) is 7.91. The molecule has 4 nitrogen and oxygen atoms in total. The second-order valence-electron chi connectivity index (χ2n) is 6.34. The molecule has 1 atom stereocenters. The highest BCUT2D eigenvalue weighted by Gasteiger charge is 2.11. The van der Waals surface area contributed by atoms with Crippen LogP contribution in [0.1, 0.15) is 26.5 Å². The second-order valence-corrected chi connectivity index (χ2v) is 6.34. The molecule has 2 aromatic rings. The van der Waals surface area contributed by atoms with Crippen molar-refractivity contribution in [2.45, 2.75) is 33.4 Å². The Morgan fingerprint density at radius 3 is 2.43 bits per heavy atom. The summed E-state index contributed by atoms with van der Waals surface area (Å²) >= 11 is 0. The van der Waals surface area contributed by atoms with E-state index >= 15 is 0 Å². The molecule has 124 valence electrons. The van der Waals surface area contributed by atoms with Crippen LogP contribution < -0.4 is 10.2 Å². The van der Waals surface area contributed by atoms with Gasteiger partial charge in [-0.05, 0) is 37.1 Å². The van der Waals surface area contributed by atoms with E-state index in [1.54, 1.807) is 12.3 Å². The summed E-state index contributed by atoms with van der Waals surface area (Å²) in [7, 11) is 3.88. The maximum atomic E-state index is 14.0. The van der Waals surface area contributed by atoms with Crippen LogP contribution in [0.3, 0.4) is 0 Å². The summed E-state index contributed by atoms with van der Waals surface area (Å²) in [6.07, 6.45) is 1.77. The Kier molecular flexibility index (Phi) is 5.66. The molecule has 2 rings (SSSR count). The third kappa shape index (κ3) is 4.48. The van der Waals surface area contributed by atoms with Gasteiger partial charge in [-0.2, -0.15) is 0 Å². The fourth-order valence-corrected chi connectivity index (χ4v) is 2.06. The van der Waals surface area contributed by atoms with Crippen molar-refractivity contribution < 1.29 is 4.39 Å². The lowest BCUT2D eigenvalue weighted by Gasteiger charge is -2.17. The van der Waals surface area contributed by atoms with Gasteiger partial charge >= 0.3 is 0 Å². The Morgan fingerprint density at radius 2 is 1.87 bits per heavy atom. The maximum absolute atomic E-state index is 14.0. The molecule has 0 aliphatic heterocycles. The van der Waals surface area contributed by atoms with Gasteiger partial charge in [-0.1, -0.05) is 13.8 Å². The Hall–Kier alpha value is -2.01. The molecule has 0 bridgehead atoms. The maximum Gasteiger partial charge on any atom is 0.146 e. The lowest BCUT2D eigenvalue weighted by atomic mass is 10.1. The van der Waals surface area contributed by atoms with Crippen LogP contribution >= 0.6 is 0 Å². The van der Waals surface area contributed by atoms with Gasteiger partial charge in [0, 0.05) is 38.4 Å². The van der Waals surface area contributed by atoms with Crippen LogP contribution in [0.2, 0.25) is 0 Å². The van der Waals surface area contributed by atoms with Crippen molar-refractivity contribution in [2.24, 2.45) is 5.92 Å². The zero-order valence-electron chi connectivity index (χ0n) is 14.5. The summed E-state index contributed by atoms with van der Waals surface area (Å²) in [6.45, 7) is 6.78. The quantitative estimate of drug-likeness (QED) is 0.886. The van der Waals surface area contributed by atoms with Crippen LogP contribution in [0.4, 0.5) is 10.2 Å². The van der Waals surface area contributed by atoms with Crippen LogP contribution in [-0.4, -0.2) is 30.1 Å². The molecule has 0 aliphatic carbocycles. The minimum absolute atomic E-state index is 0.282. The van der Waals surface area contributed by atoms with Gasteiger partial charge in [0.2, 0.25) is 0 Å². The van der Waals surface area contributed by atoms with E-state index in [0.717, 1.165) is 17.1 Å². The summed E-state index contributed by atoms with van der Waals surface area (Å²) in [4.78, 5) is 10.8. The van der Waals surface area contributed by atoms with E-state index in [0.29, 0.717) is 24.2 Å². The second kappa shape index (κ2) is 7.51.